The second-order valence-corrected chi connectivity index (χ2v) is 6.14. The molecule has 0 saturated carbocycles. The average molecular weight is 343 g/mol. The Kier molecular flexibility index (Phi) is 5.31. The molecule has 0 atom stereocenters. The molecule has 1 saturated heterocycles. The van der Waals surface area contributed by atoms with E-state index in [2.05, 4.69) is 38.1 Å². The van der Waals surface area contributed by atoms with Crippen LogP contribution in [0, 0.1) is 16.0 Å². The van der Waals surface area contributed by atoms with Crippen LogP contribution in [0.3, 0.4) is 0 Å². The van der Waals surface area contributed by atoms with Crippen molar-refractivity contribution in [2.45, 2.75) is 19.8 Å². The van der Waals surface area contributed by atoms with Gasteiger partial charge in [-0.1, -0.05) is 6.92 Å². The van der Waals surface area contributed by atoms with Crippen LogP contribution in [0.25, 0.3) is 0 Å². The van der Waals surface area contributed by atoms with E-state index in [1.54, 1.807) is 6.20 Å². The Balaban J connectivity index is 1.86. The summed E-state index contributed by atoms with van der Waals surface area (Å²) in [5, 5.41) is 14.0. The minimum absolute atomic E-state index is 0.00615. The topological polar surface area (TPSA) is 71.3 Å². The van der Waals surface area contributed by atoms with Gasteiger partial charge >= 0.3 is 5.69 Å². The van der Waals surface area contributed by atoms with Gasteiger partial charge in [-0.25, -0.2) is 4.98 Å². The smallest absolute Gasteiger partial charge is 0.312 e. The fraction of sp³-hybridized carbons (Fsp3) is 0.615. The van der Waals surface area contributed by atoms with E-state index in [9.17, 15) is 10.1 Å². The first-order valence-corrected chi connectivity index (χ1v) is 7.61. The van der Waals surface area contributed by atoms with E-state index in [4.69, 9.17) is 0 Å². The second kappa shape index (κ2) is 6.99. The molecule has 0 aliphatic carbocycles. The molecule has 0 spiro atoms. The maximum Gasteiger partial charge on any atom is 0.312 e. The first-order chi connectivity index (χ1) is 9.56. The summed E-state index contributed by atoms with van der Waals surface area (Å²) >= 11 is 3.20. The van der Waals surface area contributed by atoms with Crippen molar-refractivity contribution in [2.75, 3.05) is 31.5 Å². The number of hydrogen-bond donors (Lipinski definition) is 1. The molecule has 2 heterocycles. The molecule has 110 valence electrons. The number of nitrogens with zero attached hydrogens (tertiary/aromatic N) is 3. The highest BCUT2D eigenvalue weighted by Gasteiger charge is 2.17. The number of hydrogen-bond acceptors (Lipinski definition) is 5. The minimum atomic E-state index is -0.414. The number of anilines is 1. The summed E-state index contributed by atoms with van der Waals surface area (Å²) in [5.74, 6) is 1.15. The largest absolute Gasteiger partial charge is 0.363 e. The highest BCUT2D eigenvalue weighted by molar-refractivity contribution is 9.10. The lowest BCUT2D eigenvalue weighted by molar-refractivity contribution is -0.384. The number of nitro groups is 1. The van der Waals surface area contributed by atoms with Gasteiger partial charge < -0.3 is 10.2 Å². The molecule has 20 heavy (non-hydrogen) atoms. The fourth-order valence-corrected chi connectivity index (χ4v) is 2.64. The van der Waals surface area contributed by atoms with E-state index in [0.29, 0.717) is 16.8 Å². The molecule has 1 aromatic rings. The average Bonchev–Trinajstić information content (AvgIpc) is 2.42. The molecular weight excluding hydrogens is 324 g/mol. The van der Waals surface area contributed by atoms with Gasteiger partial charge in [0.15, 0.2) is 0 Å². The lowest BCUT2D eigenvalue weighted by Gasteiger charge is -2.30. The van der Waals surface area contributed by atoms with Crippen LogP contribution < -0.4 is 5.32 Å². The van der Waals surface area contributed by atoms with Crippen LogP contribution in [0.1, 0.15) is 19.8 Å². The minimum Gasteiger partial charge on any atom is -0.363 e. The maximum atomic E-state index is 11.0. The normalized spacial score (nSPS) is 17.1. The second-order valence-electron chi connectivity index (χ2n) is 5.23. The number of rotatable bonds is 5. The predicted octanol–water partition coefficient (Wildman–Crippen LogP) is 2.90. The summed E-state index contributed by atoms with van der Waals surface area (Å²) in [6.07, 6.45) is 4.03. The van der Waals surface area contributed by atoms with Crippen molar-refractivity contribution >= 4 is 27.4 Å². The number of piperidine rings is 1. The van der Waals surface area contributed by atoms with Gasteiger partial charge in [-0.2, -0.15) is 0 Å². The molecule has 2 rings (SSSR count). The molecule has 1 aromatic heterocycles. The summed E-state index contributed by atoms with van der Waals surface area (Å²) in [4.78, 5) is 17.0. The van der Waals surface area contributed by atoms with Crippen molar-refractivity contribution < 1.29 is 4.92 Å². The Morgan fingerprint density at radius 1 is 1.55 bits per heavy atom. The molecule has 6 nitrogen and oxygen atoms in total. The van der Waals surface area contributed by atoms with Crippen LogP contribution in [0.15, 0.2) is 16.7 Å². The first-order valence-electron chi connectivity index (χ1n) is 6.82. The molecule has 7 heteroatoms. The molecule has 1 aliphatic heterocycles. The Morgan fingerprint density at radius 2 is 2.25 bits per heavy atom. The van der Waals surface area contributed by atoms with Gasteiger partial charge in [-0.3, -0.25) is 10.1 Å². The van der Waals surface area contributed by atoms with Gasteiger partial charge in [0.25, 0.3) is 0 Å². The van der Waals surface area contributed by atoms with Crippen molar-refractivity contribution in [1.29, 1.82) is 0 Å². The number of aromatic nitrogens is 1. The van der Waals surface area contributed by atoms with E-state index in [-0.39, 0.29) is 5.69 Å². The maximum absolute atomic E-state index is 11.0. The zero-order chi connectivity index (χ0) is 14.5. The van der Waals surface area contributed by atoms with Crippen LogP contribution >= 0.6 is 15.9 Å². The number of pyridine rings is 1. The summed E-state index contributed by atoms with van der Waals surface area (Å²) < 4.78 is 0.611. The molecule has 1 aliphatic rings. The predicted molar refractivity (Wildman–Crippen MR) is 81.9 cm³/mol. The van der Waals surface area contributed by atoms with Gasteiger partial charge in [0.05, 0.1) is 4.92 Å². The molecule has 0 unspecified atom stereocenters. The van der Waals surface area contributed by atoms with Crippen molar-refractivity contribution in [1.82, 2.24) is 9.88 Å². The van der Waals surface area contributed by atoms with E-state index in [1.807, 2.05) is 0 Å². The van der Waals surface area contributed by atoms with E-state index >= 15 is 0 Å². The van der Waals surface area contributed by atoms with Crippen LogP contribution in [0.5, 0.6) is 0 Å². The SMILES string of the molecule is CC1CCN(CCNc2ncc(Br)cc2[N+](=O)[O-])CC1. The molecule has 1 fully saturated rings. The van der Waals surface area contributed by atoms with Gasteiger partial charge in [0.2, 0.25) is 5.82 Å². The third kappa shape index (κ3) is 4.14. The standard InChI is InChI=1S/C13H19BrN4O2/c1-10-2-5-17(6-3-10)7-4-15-13-12(18(19)20)8-11(14)9-16-13/h8-10H,2-7H2,1H3,(H,15,16). The van der Waals surface area contributed by atoms with Crippen molar-refractivity contribution in [3.05, 3.63) is 26.9 Å². The molecule has 0 aromatic carbocycles. The summed E-state index contributed by atoms with van der Waals surface area (Å²) in [5.41, 5.74) is 0.00615. The summed E-state index contributed by atoms with van der Waals surface area (Å²) in [6.45, 7) is 6.06. The van der Waals surface area contributed by atoms with Crippen molar-refractivity contribution in [2.24, 2.45) is 5.92 Å². The van der Waals surface area contributed by atoms with Crippen molar-refractivity contribution in [3.8, 4) is 0 Å². The Hall–Kier alpha value is -1.21. The van der Waals surface area contributed by atoms with E-state index in [0.717, 1.165) is 25.6 Å². The Labute approximate surface area is 126 Å². The van der Waals surface area contributed by atoms with Gasteiger partial charge in [-0.15, -0.1) is 0 Å². The zero-order valence-corrected chi connectivity index (χ0v) is 13.1. The number of nitrogens with one attached hydrogen (secondary N) is 1. The lowest BCUT2D eigenvalue weighted by atomic mass is 9.99. The highest BCUT2D eigenvalue weighted by atomic mass is 79.9. The molecule has 0 amide bonds. The van der Waals surface area contributed by atoms with Crippen molar-refractivity contribution in [3.63, 3.8) is 0 Å². The molecule has 0 bridgehead atoms. The third-order valence-corrected chi connectivity index (χ3v) is 4.06. The van der Waals surface area contributed by atoms with Gasteiger partial charge in [-0.05, 0) is 47.8 Å². The summed E-state index contributed by atoms with van der Waals surface area (Å²) in [6, 6.07) is 1.47. The summed E-state index contributed by atoms with van der Waals surface area (Å²) in [7, 11) is 0. The Morgan fingerprint density at radius 3 is 2.90 bits per heavy atom. The van der Waals surface area contributed by atoms with Gasteiger partial charge in [0, 0.05) is 29.8 Å². The molecule has 0 radical (unpaired) electrons. The number of likely N-dealkylation sites (tertiary alicyclic amines) is 1. The Bertz CT molecular complexity index is 475. The van der Waals surface area contributed by atoms with Gasteiger partial charge in [0.1, 0.15) is 0 Å². The first kappa shape index (κ1) is 15.2. The zero-order valence-electron chi connectivity index (χ0n) is 11.5. The van der Waals surface area contributed by atoms with Crippen LogP contribution in [-0.4, -0.2) is 41.0 Å². The third-order valence-electron chi connectivity index (χ3n) is 3.63. The van der Waals surface area contributed by atoms with Crippen LogP contribution in [0.4, 0.5) is 11.5 Å². The van der Waals surface area contributed by atoms with E-state index in [1.165, 1.54) is 18.9 Å². The number of halogens is 1. The van der Waals surface area contributed by atoms with E-state index < -0.39 is 4.92 Å². The van der Waals surface area contributed by atoms with Crippen LogP contribution in [-0.2, 0) is 0 Å². The quantitative estimate of drug-likeness (QED) is 0.657. The highest BCUT2D eigenvalue weighted by Crippen LogP contribution is 2.25. The lowest BCUT2D eigenvalue weighted by Crippen LogP contribution is -2.36. The molecule has 1 N–H and O–H groups in total. The molecular formula is C13H19BrN4O2. The fourth-order valence-electron chi connectivity index (χ4n) is 2.32. The monoisotopic (exact) mass is 342 g/mol. The van der Waals surface area contributed by atoms with Crippen LogP contribution in [0.2, 0.25) is 0 Å².